The molecule has 3 N–H and O–H groups in total. The van der Waals surface area contributed by atoms with E-state index in [9.17, 15) is 18.8 Å². The second kappa shape index (κ2) is 10.2. The average molecular weight is 413 g/mol. The lowest BCUT2D eigenvalue weighted by Gasteiger charge is -2.28. The number of hydrogen-bond donors (Lipinski definition) is 2. The Morgan fingerprint density at radius 3 is 2.40 bits per heavy atom. The molecule has 8 heteroatoms. The van der Waals surface area contributed by atoms with Crippen LogP contribution in [0.15, 0.2) is 54.6 Å². The predicted molar refractivity (Wildman–Crippen MR) is 111 cm³/mol. The van der Waals surface area contributed by atoms with Gasteiger partial charge in [-0.3, -0.25) is 14.4 Å². The van der Waals surface area contributed by atoms with E-state index in [0.717, 1.165) is 16.5 Å². The zero-order valence-corrected chi connectivity index (χ0v) is 17.0. The van der Waals surface area contributed by atoms with Gasteiger partial charge in [0.2, 0.25) is 17.7 Å². The van der Waals surface area contributed by atoms with Gasteiger partial charge in [-0.05, 0) is 48.4 Å². The molecule has 0 fully saturated rings. The molecule has 0 spiro atoms. The molecule has 0 saturated carbocycles. The number of amides is 3. The number of carbonyl (C=O) groups excluding carboxylic acids is 3. The summed E-state index contributed by atoms with van der Waals surface area (Å²) in [6.07, 6.45) is 2.89. The number of rotatable bonds is 8. The molecule has 0 aliphatic carbocycles. The summed E-state index contributed by atoms with van der Waals surface area (Å²) in [5, 5.41) is 2.54. The third-order valence-corrected chi connectivity index (χ3v) is 4.44. The number of primary amides is 1. The van der Waals surface area contributed by atoms with Crippen LogP contribution in [0.5, 0.6) is 5.75 Å². The molecule has 2 unspecified atom stereocenters. The summed E-state index contributed by atoms with van der Waals surface area (Å²) < 4.78 is 18.6. The van der Waals surface area contributed by atoms with Crippen molar-refractivity contribution in [3.63, 3.8) is 0 Å². The highest BCUT2D eigenvalue weighted by Gasteiger charge is 2.30. The molecule has 0 aliphatic rings. The Kier molecular flexibility index (Phi) is 7.69. The predicted octanol–water partition coefficient (Wildman–Crippen LogP) is 2.04. The number of benzene rings is 2. The fraction of sp³-hybridized carbons (Fsp3) is 0.227. The van der Waals surface area contributed by atoms with E-state index >= 15 is 0 Å². The van der Waals surface area contributed by atoms with Crippen LogP contribution in [0.4, 0.5) is 4.39 Å². The summed E-state index contributed by atoms with van der Waals surface area (Å²) in [7, 11) is 2.93. The lowest BCUT2D eigenvalue weighted by Crippen LogP contribution is -2.48. The third kappa shape index (κ3) is 5.91. The van der Waals surface area contributed by atoms with E-state index in [2.05, 4.69) is 5.32 Å². The molecule has 3 amide bonds. The topological polar surface area (TPSA) is 102 Å². The molecular formula is C22H24FN3O4. The van der Waals surface area contributed by atoms with Gasteiger partial charge in [0.1, 0.15) is 23.7 Å². The SMILES string of the molecule is COc1ccc(/C=C/C(=O)NC(C)C(=O)N(C)C(C(N)=O)c2cccc(F)c2)cc1. The van der Waals surface area contributed by atoms with Crippen molar-refractivity contribution in [1.29, 1.82) is 0 Å². The van der Waals surface area contributed by atoms with E-state index in [1.165, 1.54) is 38.2 Å². The molecule has 0 bridgehead atoms. The highest BCUT2D eigenvalue weighted by Crippen LogP contribution is 2.21. The Hall–Kier alpha value is -3.68. The first-order chi connectivity index (χ1) is 14.2. The summed E-state index contributed by atoms with van der Waals surface area (Å²) in [5.41, 5.74) is 6.46. The smallest absolute Gasteiger partial charge is 0.245 e. The van der Waals surface area contributed by atoms with Gasteiger partial charge in [-0.15, -0.1) is 0 Å². The summed E-state index contributed by atoms with van der Waals surface area (Å²) in [6, 6.07) is 10.3. The summed E-state index contributed by atoms with van der Waals surface area (Å²) >= 11 is 0. The van der Waals surface area contributed by atoms with E-state index in [-0.39, 0.29) is 5.56 Å². The van der Waals surface area contributed by atoms with Crippen molar-refractivity contribution >= 4 is 23.8 Å². The zero-order valence-electron chi connectivity index (χ0n) is 17.0. The molecule has 7 nitrogen and oxygen atoms in total. The molecule has 158 valence electrons. The van der Waals surface area contributed by atoms with Crippen molar-refractivity contribution in [2.75, 3.05) is 14.2 Å². The van der Waals surface area contributed by atoms with Gasteiger partial charge in [0.25, 0.3) is 0 Å². The lowest BCUT2D eigenvalue weighted by molar-refractivity contribution is -0.140. The van der Waals surface area contributed by atoms with Gasteiger partial charge in [-0.25, -0.2) is 4.39 Å². The Bertz CT molecular complexity index is 944. The fourth-order valence-corrected chi connectivity index (χ4v) is 2.90. The first-order valence-electron chi connectivity index (χ1n) is 9.17. The van der Waals surface area contributed by atoms with Gasteiger partial charge in [0.15, 0.2) is 0 Å². The van der Waals surface area contributed by atoms with Gasteiger partial charge in [-0.2, -0.15) is 0 Å². The average Bonchev–Trinajstić information content (AvgIpc) is 2.71. The normalized spacial score (nSPS) is 12.8. The standard InChI is InChI=1S/C22H24FN3O4/c1-14(25-19(27)12-9-15-7-10-18(30-3)11-8-15)22(29)26(2)20(21(24)28)16-5-4-6-17(23)13-16/h4-14,20H,1-3H3,(H2,24,28)(H,25,27)/b12-9+. The summed E-state index contributed by atoms with van der Waals surface area (Å²) in [6.45, 7) is 1.49. The van der Waals surface area contributed by atoms with Crippen LogP contribution in [-0.4, -0.2) is 42.8 Å². The van der Waals surface area contributed by atoms with Gasteiger partial charge in [0.05, 0.1) is 7.11 Å². The molecule has 0 aromatic heterocycles. The van der Waals surface area contributed by atoms with Crippen molar-refractivity contribution in [1.82, 2.24) is 10.2 Å². The van der Waals surface area contributed by atoms with Gasteiger partial charge < -0.3 is 20.7 Å². The Morgan fingerprint density at radius 2 is 1.83 bits per heavy atom. The van der Waals surface area contributed by atoms with Crippen LogP contribution >= 0.6 is 0 Å². The summed E-state index contributed by atoms with van der Waals surface area (Å²) in [5.74, 6) is -1.70. The molecule has 30 heavy (non-hydrogen) atoms. The van der Waals surface area contributed by atoms with Crippen molar-refractivity contribution in [2.45, 2.75) is 19.0 Å². The van der Waals surface area contributed by atoms with Crippen LogP contribution in [0.1, 0.15) is 24.1 Å². The number of halogens is 1. The minimum atomic E-state index is -1.16. The van der Waals surface area contributed by atoms with Gasteiger partial charge >= 0.3 is 0 Å². The quantitative estimate of drug-likeness (QED) is 0.647. The molecule has 2 atom stereocenters. The number of nitrogens with zero attached hydrogens (tertiary/aromatic N) is 1. The van der Waals surface area contributed by atoms with Crippen molar-refractivity contribution in [2.24, 2.45) is 5.73 Å². The molecule has 2 aromatic carbocycles. The van der Waals surface area contributed by atoms with Gasteiger partial charge in [0, 0.05) is 13.1 Å². The van der Waals surface area contributed by atoms with Gasteiger partial charge in [-0.1, -0.05) is 24.3 Å². The Morgan fingerprint density at radius 1 is 1.17 bits per heavy atom. The lowest BCUT2D eigenvalue weighted by atomic mass is 10.0. The zero-order chi connectivity index (χ0) is 22.3. The van der Waals surface area contributed by atoms with Crippen molar-refractivity contribution in [3.8, 4) is 5.75 Å². The van der Waals surface area contributed by atoms with Crippen LogP contribution in [0.3, 0.4) is 0 Å². The van der Waals surface area contributed by atoms with E-state index < -0.39 is 35.6 Å². The first kappa shape index (κ1) is 22.6. The number of ether oxygens (including phenoxy) is 1. The molecular weight excluding hydrogens is 389 g/mol. The highest BCUT2D eigenvalue weighted by molar-refractivity contribution is 5.96. The molecule has 2 aromatic rings. The number of carbonyl (C=O) groups is 3. The van der Waals surface area contributed by atoms with Crippen LogP contribution in [-0.2, 0) is 14.4 Å². The van der Waals surface area contributed by atoms with Crippen LogP contribution < -0.4 is 15.8 Å². The second-order valence-corrected chi connectivity index (χ2v) is 6.65. The molecule has 0 heterocycles. The van der Waals surface area contributed by atoms with E-state index in [4.69, 9.17) is 10.5 Å². The molecule has 0 saturated heterocycles. The van der Waals surface area contributed by atoms with E-state index in [1.807, 2.05) is 0 Å². The maximum Gasteiger partial charge on any atom is 0.245 e. The first-order valence-corrected chi connectivity index (χ1v) is 9.17. The number of hydrogen-bond acceptors (Lipinski definition) is 4. The van der Waals surface area contributed by atoms with Crippen molar-refractivity contribution in [3.05, 3.63) is 71.6 Å². The van der Waals surface area contributed by atoms with Crippen LogP contribution in [0.2, 0.25) is 0 Å². The minimum absolute atomic E-state index is 0.247. The van der Waals surface area contributed by atoms with Crippen LogP contribution in [0, 0.1) is 5.82 Å². The number of likely N-dealkylation sites (N-methyl/N-ethyl adjacent to an activating group) is 1. The molecule has 2 rings (SSSR count). The fourth-order valence-electron chi connectivity index (χ4n) is 2.90. The third-order valence-electron chi connectivity index (χ3n) is 4.44. The molecule has 0 aliphatic heterocycles. The number of nitrogens with two attached hydrogens (primary N) is 1. The second-order valence-electron chi connectivity index (χ2n) is 6.65. The van der Waals surface area contributed by atoms with E-state index in [1.54, 1.807) is 37.5 Å². The van der Waals surface area contributed by atoms with Crippen LogP contribution in [0.25, 0.3) is 6.08 Å². The maximum atomic E-state index is 13.5. The maximum absolute atomic E-state index is 13.5. The monoisotopic (exact) mass is 413 g/mol. The largest absolute Gasteiger partial charge is 0.497 e. The highest BCUT2D eigenvalue weighted by atomic mass is 19.1. The van der Waals surface area contributed by atoms with E-state index in [0.29, 0.717) is 5.75 Å². The van der Waals surface area contributed by atoms with Crippen molar-refractivity contribution < 1.29 is 23.5 Å². The minimum Gasteiger partial charge on any atom is -0.497 e. The Balaban J connectivity index is 2.04. The summed E-state index contributed by atoms with van der Waals surface area (Å²) in [4.78, 5) is 37.9. The Labute approximate surface area is 174 Å². The number of methoxy groups -OCH3 is 1. The number of nitrogens with one attached hydrogen (secondary N) is 1. The molecule has 0 radical (unpaired) electrons.